The van der Waals surface area contributed by atoms with E-state index in [0.717, 1.165) is 12.2 Å². The van der Waals surface area contributed by atoms with E-state index in [1.807, 2.05) is 21.1 Å². The zero-order chi connectivity index (χ0) is 17.2. The number of rotatable bonds is 10. The molecule has 0 aliphatic carbocycles. The fourth-order valence-corrected chi connectivity index (χ4v) is 1.98. The molecule has 128 valence electrons. The highest BCUT2D eigenvalue weighted by molar-refractivity contribution is 7.52. The summed E-state index contributed by atoms with van der Waals surface area (Å²) in [7, 11) is 2.02. The summed E-state index contributed by atoms with van der Waals surface area (Å²) in [4.78, 5) is 31.8. The van der Waals surface area contributed by atoms with Crippen LogP contribution in [0, 0.1) is 0 Å². The van der Waals surface area contributed by atoms with E-state index in [0.29, 0.717) is 11.0 Å². The van der Waals surface area contributed by atoms with Gasteiger partial charge in [0, 0.05) is 12.2 Å². The molecule has 0 fully saturated rings. The third-order valence-electron chi connectivity index (χ3n) is 2.32. The van der Waals surface area contributed by atoms with Crippen molar-refractivity contribution in [3.63, 3.8) is 0 Å². The Morgan fingerprint density at radius 1 is 1.09 bits per heavy atom. The largest absolute Gasteiger partial charge is 0.463 e. The average Bonchev–Trinajstić information content (AvgIpc) is 2.34. The Hall–Kier alpha value is -1.21. The van der Waals surface area contributed by atoms with E-state index in [1.165, 1.54) is 0 Å². The lowest BCUT2D eigenvalue weighted by Gasteiger charge is -2.24. The molecule has 0 bridgehead atoms. The lowest BCUT2D eigenvalue weighted by atomic mass is 10.5. The molecule has 1 N–H and O–H groups in total. The van der Waals surface area contributed by atoms with E-state index in [2.05, 4.69) is 4.74 Å². The first-order valence-corrected chi connectivity index (χ1v) is 8.60. The van der Waals surface area contributed by atoms with Crippen LogP contribution < -0.4 is 0 Å². The van der Waals surface area contributed by atoms with Gasteiger partial charge in [-0.05, 0) is 6.92 Å². The summed E-state index contributed by atoms with van der Waals surface area (Å²) < 4.78 is 26.5. The van der Waals surface area contributed by atoms with Crippen molar-refractivity contribution >= 4 is 19.5 Å². The molecule has 0 aliphatic heterocycles. The van der Waals surface area contributed by atoms with E-state index in [4.69, 9.17) is 9.26 Å². The van der Waals surface area contributed by atoms with Crippen LogP contribution in [0.3, 0.4) is 0 Å². The highest BCUT2D eigenvalue weighted by atomic mass is 31.2. The third-order valence-corrected chi connectivity index (χ3v) is 3.65. The summed E-state index contributed by atoms with van der Waals surface area (Å²) in [6.45, 7) is 2.28. The van der Waals surface area contributed by atoms with Gasteiger partial charge in [0.05, 0.1) is 33.9 Å². The Kier molecular flexibility index (Phi) is 9.20. The summed E-state index contributed by atoms with van der Waals surface area (Å²) in [6.07, 6.45) is 1.53. The van der Waals surface area contributed by atoms with Gasteiger partial charge in [-0.1, -0.05) is 0 Å². The summed E-state index contributed by atoms with van der Waals surface area (Å²) >= 11 is 0. The van der Waals surface area contributed by atoms with Crippen LogP contribution in [0.5, 0.6) is 0 Å². The van der Waals surface area contributed by atoms with E-state index in [9.17, 15) is 19.0 Å². The number of quaternary nitrogens is 1. The van der Waals surface area contributed by atoms with Crippen molar-refractivity contribution in [2.75, 3.05) is 53.7 Å². The molecule has 0 amide bonds. The van der Waals surface area contributed by atoms with Gasteiger partial charge in [0.15, 0.2) is 0 Å². The van der Waals surface area contributed by atoms with E-state index < -0.39 is 19.5 Å². The number of nitrogens with zero attached hydrogens (tertiary/aromatic N) is 1. The van der Waals surface area contributed by atoms with Crippen molar-refractivity contribution in [1.82, 2.24) is 0 Å². The van der Waals surface area contributed by atoms with Gasteiger partial charge in [-0.2, -0.15) is 0 Å². The van der Waals surface area contributed by atoms with Gasteiger partial charge in [-0.15, -0.1) is 0 Å². The minimum Gasteiger partial charge on any atom is -0.463 e. The fraction of sp³-hybridized carbons (Fsp3) is 0.692. The number of likely N-dealkylation sites (N-methyl/N-ethyl adjacent to an activating group) is 1. The first kappa shape index (κ1) is 20.8. The quantitative estimate of drug-likeness (QED) is 0.269. The predicted molar refractivity (Wildman–Crippen MR) is 80.3 cm³/mol. The van der Waals surface area contributed by atoms with Crippen LogP contribution in [-0.2, 0) is 28.2 Å². The van der Waals surface area contributed by atoms with Crippen LogP contribution in [0.25, 0.3) is 0 Å². The van der Waals surface area contributed by atoms with Crippen molar-refractivity contribution < 1.29 is 37.5 Å². The molecule has 0 saturated heterocycles. The summed E-state index contributed by atoms with van der Waals surface area (Å²) in [6, 6.07) is 0. The molecule has 9 heteroatoms. The molecule has 0 radical (unpaired) electrons. The smallest absolute Gasteiger partial charge is 0.331 e. The maximum absolute atomic E-state index is 11.7. The maximum Gasteiger partial charge on any atom is 0.331 e. The molecule has 0 rings (SSSR count). The number of hydrogen-bond donors (Lipinski definition) is 1. The standard InChI is InChI=1S/C13H24NO7P/c1-5-19-12(15)6-7-13(16)20-10-11-22(17,18)21-9-8-14(2,3)4/h6-7H,5,8-11H2,1-4H3/p+1/b7-6+. The molecule has 8 nitrogen and oxygen atoms in total. The number of hydrogen-bond acceptors (Lipinski definition) is 6. The third kappa shape index (κ3) is 12.5. The monoisotopic (exact) mass is 338 g/mol. The molecule has 0 aromatic carbocycles. The molecule has 1 atom stereocenters. The lowest BCUT2D eigenvalue weighted by molar-refractivity contribution is -0.870. The number of ether oxygens (including phenoxy) is 2. The van der Waals surface area contributed by atoms with Crippen LogP contribution in [0.15, 0.2) is 12.2 Å². The van der Waals surface area contributed by atoms with Crippen molar-refractivity contribution in [1.29, 1.82) is 0 Å². The molecule has 0 spiro atoms. The summed E-state index contributed by atoms with van der Waals surface area (Å²) in [5, 5.41) is 0. The number of carbonyl (C=O) groups excluding carboxylic acids is 2. The minimum absolute atomic E-state index is 0.133. The Morgan fingerprint density at radius 3 is 2.14 bits per heavy atom. The summed E-state index contributed by atoms with van der Waals surface area (Å²) in [5.74, 6) is -1.45. The minimum atomic E-state index is -3.79. The van der Waals surface area contributed by atoms with Crippen LogP contribution in [0.1, 0.15) is 6.92 Å². The molecular formula is C13H25NO7P+. The number of esters is 2. The normalized spacial score (nSPS) is 14.6. The highest BCUT2D eigenvalue weighted by Gasteiger charge is 2.21. The fourth-order valence-electron chi connectivity index (χ4n) is 1.16. The Morgan fingerprint density at radius 2 is 1.64 bits per heavy atom. The summed E-state index contributed by atoms with van der Waals surface area (Å²) in [5.41, 5.74) is 0. The Balaban J connectivity index is 3.99. The Bertz CT molecular complexity index is 442. The zero-order valence-corrected chi connectivity index (χ0v) is 14.4. The van der Waals surface area contributed by atoms with Gasteiger partial charge in [0.25, 0.3) is 0 Å². The van der Waals surface area contributed by atoms with E-state index in [1.54, 1.807) is 6.92 Å². The predicted octanol–water partition coefficient (Wildman–Crippen LogP) is 0.557. The van der Waals surface area contributed by atoms with Gasteiger partial charge in [-0.25, -0.2) is 9.59 Å². The van der Waals surface area contributed by atoms with Crippen molar-refractivity contribution in [3.8, 4) is 0 Å². The molecule has 0 saturated carbocycles. The van der Waals surface area contributed by atoms with E-state index >= 15 is 0 Å². The van der Waals surface area contributed by atoms with Crippen LogP contribution in [0.4, 0.5) is 0 Å². The second-order valence-electron chi connectivity index (χ2n) is 5.46. The van der Waals surface area contributed by atoms with Gasteiger partial charge >= 0.3 is 19.5 Å². The van der Waals surface area contributed by atoms with Gasteiger partial charge in [-0.3, -0.25) is 4.57 Å². The Labute approximate surface area is 130 Å². The topological polar surface area (TPSA) is 99.1 Å². The lowest BCUT2D eigenvalue weighted by Crippen LogP contribution is -2.37. The second kappa shape index (κ2) is 9.74. The van der Waals surface area contributed by atoms with Crippen LogP contribution in [-0.4, -0.2) is 75.0 Å². The average molecular weight is 338 g/mol. The van der Waals surface area contributed by atoms with Crippen LogP contribution >= 0.6 is 7.60 Å². The molecule has 0 aliphatic rings. The van der Waals surface area contributed by atoms with Crippen LogP contribution in [0.2, 0.25) is 0 Å². The molecule has 0 aromatic rings. The zero-order valence-electron chi connectivity index (χ0n) is 13.5. The first-order valence-electron chi connectivity index (χ1n) is 6.84. The molecule has 0 heterocycles. The molecule has 22 heavy (non-hydrogen) atoms. The van der Waals surface area contributed by atoms with Gasteiger partial charge in [0.2, 0.25) is 0 Å². The van der Waals surface area contributed by atoms with Crippen molar-refractivity contribution in [2.24, 2.45) is 0 Å². The van der Waals surface area contributed by atoms with Crippen molar-refractivity contribution in [2.45, 2.75) is 6.92 Å². The molecule has 0 aromatic heterocycles. The highest BCUT2D eigenvalue weighted by Crippen LogP contribution is 2.41. The molecule has 1 unspecified atom stereocenters. The molecular weight excluding hydrogens is 313 g/mol. The first-order chi connectivity index (χ1) is 10.1. The van der Waals surface area contributed by atoms with E-state index in [-0.39, 0.29) is 26.0 Å². The van der Waals surface area contributed by atoms with Gasteiger partial charge < -0.3 is 23.4 Å². The SMILES string of the molecule is CCOC(=O)/C=C/C(=O)OCCP(=O)(O)OCC[N+](C)(C)C. The maximum atomic E-state index is 11.7. The van der Waals surface area contributed by atoms with Gasteiger partial charge in [0.1, 0.15) is 19.8 Å². The number of carbonyl (C=O) groups is 2. The second-order valence-corrected chi connectivity index (χ2v) is 7.44. The van der Waals surface area contributed by atoms with Crippen molar-refractivity contribution in [3.05, 3.63) is 12.2 Å².